The lowest BCUT2D eigenvalue weighted by Crippen LogP contribution is -2.28. The largest absolute Gasteiger partial charge is 0.396 e. The molecule has 1 aromatic carbocycles. The van der Waals surface area contributed by atoms with Crippen LogP contribution in [0.15, 0.2) is 36.7 Å². The molecule has 1 saturated heterocycles. The lowest BCUT2D eigenvalue weighted by atomic mass is 10.1. The summed E-state index contributed by atoms with van der Waals surface area (Å²) in [5.74, 6) is 0.159. The molecule has 1 aliphatic heterocycles. The van der Waals surface area contributed by atoms with Gasteiger partial charge in [0.15, 0.2) is 0 Å². The minimum absolute atomic E-state index is 0.0360. The Kier molecular flexibility index (Phi) is 3.94. The summed E-state index contributed by atoms with van der Waals surface area (Å²) < 4.78 is 1.66. The number of amides is 1. The van der Waals surface area contributed by atoms with Crippen molar-refractivity contribution in [3.05, 3.63) is 47.2 Å². The van der Waals surface area contributed by atoms with E-state index in [0.717, 1.165) is 12.1 Å². The molecule has 0 aliphatic carbocycles. The van der Waals surface area contributed by atoms with Gasteiger partial charge in [-0.1, -0.05) is 11.6 Å². The van der Waals surface area contributed by atoms with Crippen molar-refractivity contribution in [3.8, 4) is 5.69 Å². The topological polar surface area (TPSA) is 58.4 Å². The smallest absolute Gasteiger partial charge is 0.257 e. The number of aliphatic hydroxyl groups excluding tert-OH is 1. The van der Waals surface area contributed by atoms with Gasteiger partial charge in [-0.15, -0.1) is 0 Å². The molecular formula is C15H16ClN3O2. The molecule has 5 nitrogen and oxygen atoms in total. The summed E-state index contributed by atoms with van der Waals surface area (Å²) in [6.07, 6.45) is 4.15. The molecule has 1 aliphatic rings. The summed E-state index contributed by atoms with van der Waals surface area (Å²) in [5.41, 5.74) is 1.41. The number of halogens is 1. The van der Waals surface area contributed by atoms with Gasteiger partial charge in [0.1, 0.15) is 0 Å². The summed E-state index contributed by atoms with van der Waals surface area (Å²) in [4.78, 5) is 14.1. The van der Waals surface area contributed by atoms with Crippen molar-refractivity contribution < 1.29 is 9.90 Å². The van der Waals surface area contributed by atoms with Gasteiger partial charge >= 0.3 is 0 Å². The quantitative estimate of drug-likeness (QED) is 0.943. The molecule has 1 amide bonds. The Hall–Kier alpha value is -1.85. The van der Waals surface area contributed by atoms with E-state index in [1.165, 1.54) is 0 Å². The van der Waals surface area contributed by atoms with E-state index in [1.807, 2.05) is 12.1 Å². The average molecular weight is 306 g/mol. The van der Waals surface area contributed by atoms with Crippen LogP contribution in [-0.4, -0.2) is 45.4 Å². The molecule has 0 spiro atoms. The Bertz CT molecular complexity index is 639. The van der Waals surface area contributed by atoms with Gasteiger partial charge in [0.05, 0.1) is 17.4 Å². The first-order valence-corrected chi connectivity index (χ1v) is 7.26. The maximum Gasteiger partial charge on any atom is 0.257 e. The Morgan fingerprint density at radius 1 is 1.38 bits per heavy atom. The highest BCUT2D eigenvalue weighted by molar-refractivity contribution is 6.30. The van der Waals surface area contributed by atoms with Gasteiger partial charge in [-0.25, -0.2) is 4.68 Å². The van der Waals surface area contributed by atoms with Crippen LogP contribution < -0.4 is 0 Å². The fraction of sp³-hybridized carbons (Fsp3) is 0.333. The molecule has 1 atom stereocenters. The third kappa shape index (κ3) is 2.94. The van der Waals surface area contributed by atoms with Crippen LogP contribution in [0.3, 0.4) is 0 Å². The molecular weight excluding hydrogens is 290 g/mol. The highest BCUT2D eigenvalue weighted by Crippen LogP contribution is 2.19. The number of aliphatic hydroxyl groups is 1. The normalized spacial score (nSPS) is 18.2. The summed E-state index contributed by atoms with van der Waals surface area (Å²) in [6.45, 7) is 1.44. The van der Waals surface area contributed by atoms with Crippen molar-refractivity contribution in [1.82, 2.24) is 14.7 Å². The van der Waals surface area contributed by atoms with Gasteiger partial charge in [0, 0.05) is 36.8 Å². The zero-order valence-corrected chi connectivity index (χ0v) is 12.2. The zero-order chi connectivity index (χ0) is 14.8. The van der Waals surface area contributed by atoms with E-state index in [0.29, 0.717) is 23.7 Å². The molecule has 1 aromatic heterocycles. The van der Waals surface area contributed by atoms with Crippen LogP contribution in [0.5, 0.6) is 0 Å². The number of hydrogen-bond donors (Lipinski definition) is 1. The van der Waals surface area contributed by atoms with Gasteiger partial charge < -0.3 is 10.0 Å². The van der Waals surface area contributed by atoms with E-state index in [4.69, 9.17) is 16.7 Å². The molecule has 0 radical (unpaired) electrons. The number of rotatable bonds is 3. The Morgan fingerprint density at radius 2 is 2.14 bits per heavy atom. The van der Waals surface area contributed by atoms with Gasteiger partial charge in [0.25, 0.3) is 5.91 Å². The molecule has 1 unspecified atom stereocenters. The molecule has 2 aromatic rings. The van der Waals surface area contributed by atoms with E-state index in [2.05, 4.69) is 5.10 Å². The fourth-order valence-electron chi connectivity index (χ4n) is 2.52. The lowest BCUT2D eigenvalue weighted by Gasteiger charge is -2.14. The van der Waals surface area contributed by atoms with Crippen LogP contribution in [-0.2, 0) is 0 Å². The van der Waals surface area contributed by atoms with Crippen molar-refractivity contribution in [2.75, 3.05) is 19.7 Å². The number of likely N-dealkylation sites (tertiary alicyclic amines) is 1. The third-order valence-electron chi connectivity index (χ3n) is 3.75. The SMILES string of the molecule is O=C(c1cnn(-c2ccc(Cl)cc2)c1)N1CCC(CO)C1. The van der Waals surface area contributed by atoms with Crippen molar-refractivity contribution in [2.45, 2.75) is 6.42 Å². The van der Waals surface area contributed by atoms with E-state index >= 15 is 0 Å². The first kappa shape index (κ1) is 14.1. The Morgan fingerprint density at radius 3 is 2.81 bits per heavy atom. The molecule has 1 fully saturated rings. The maximum absolute atomic E-state index is 12.4. The summed E-state index contributed by atoms with van der Waals surface area (Å²) in [6, 6.07) is 7.27. The molecule has 0 saturated carbocycles. The second-order valence-corrected chi connectivity index (χ2v) is 5.67. The summed E-state index contributed by atoms with van der Waals surface area (Å²) in [7, 11) is 0. The van der Waals surface area contributed by atoms with E-state index < -0.39 is 0 Å². The van der Waals surface area contributed by atoms with Gasteiger partial charge in [-0.2, -0.15) is 5.10 Å². The number of hydrogen-bond acceptors (Lipinski definition) is 3. The first-order valence-electron chi connectivity index (χ1n) is 6.88. The number of aromatic nitrogens is 2. The zero-order valence-electron chi connectivity index (χ0n) is 11.4. The van der Waals surface area contributed by atoms with Crippen molar-refractivity contribution >= 4 is 17.5 Å². The highest BCUT2D eigenvalue weighted by Gasteiger charge is 2.27. The Balaban J connectivity index is 1.75. The fourth-order valence-corrected chi connectivity index (χ4v) is 2.64. The van der Waals surface area contributed by atoms with Crippen LogP contribution in [0.4, 0.5) is 0 Å². The number of carbonyl (C=O) groups is 1. The van der Waals surface area contributed by atoms with Crippen LogP contribution in [0, 0.1) is 5.92 Å². The van der Waals surface area contributed by atoms with Crippen LogP contribution in [0.25, 0.3) is 5.69 Å². The van der Waals surface area contributed by atoms with Crippen molar-refractivity contribution in [3.63, 3.8) is 0 Å². The summed E-state index contributed by atoms with van der Waals surface area (Å²) in [5, 5.41) is 14.0. The maximum atomic E-state index is 12.4. The molecule has 1 N–H and O–H groups in total. The summed E-state index contributed by atoms with van der Waals surface area (Å²) >= 11 is 5.86. The van der Waals surface area contributed by atoms with Crippen molar-refractivity contribution in [2.24, 2.45) is 5.92 Å². The first-order chi connectivity index (χ1) is 10.2. The number of nitrogens with zero attached hydrogens (tertiary/aromatic N) is 3. The highest BCUT2D eigenvalue weighted by atomic mass is 35.5. The molecule has 6 heteroatoms. The molecule has 0 bridgehead atoms. The second kappa shape index (κ2) is 5.87. The van der Waals surface area contributed by atoms with Crippen LogP contribution >= 0.6 is 11.6 Å². The second-order valence-electron chi connectivity index (χ2n) is 5.24. The predicted molar refractivity (Wildman–Crippen MR) is 79.7 cm³/mol. The average Bonchev–Trinajstić information content (AvgIpc) is 3.16. The molecule has 3 rings (SSSR count). The Labute approximate surface area is 127 Å². The number of benzene rings is 1. The molecule has 2 heterocycles. The number of carbonyl (C=O) groups excluding carboxylic acids is 1. The molecule has 21 heavy (non-hydrogen) atoms. The molecule has 110 valence electrons. The lowest BCUT2D eigenvalue weighted by molar-refractivity contribution is 0.0782. The van der Waals surface area contributed by atoms with E-state index in [-0.39, 0.29) is 18.4 Å². The van der Waals surface area contributed by atoms with Gasteiger partial charge in [-0.3, -0.25) is 4.79 Å². The predicted octanol–water partition coefficient (Wildman–Crippen LogP) is 1.98. The van der Waals surface area contributed by atoms with Gasteiger partial charge in [0.2, 0.25) is 0 Å². The standard InChI is InChI=1S/C15H16ClN3O2/c16-13-1-3-14(4-2-13)19-9-12(7-17-19)15(21)18-6-5-11(8-18)10-20/h1-4,7,9,11,20H,5-6,8,10H2. The minimum Gasteiger partial charge on any atom is -0.396 e. The van der Waals surface area contributed by atoms with Crippen molar-refractivity contribution in [1.29, 1.82) is 0 Å². The van der Waals surface area contributed by atoms with E-state index in [9.17, 15) is 4.79 Å². The van der Waals surface area contributed by atoms with Gasteiger partial charge in [-0.05, 0) is 30.7 Å². The van der Waals surface area contributed by atoms with Crippen LogP contribution in [0.2, 0.25) is 5.02 Å². The van der Waals surface area contributed by atoms with E-state index in [1.54, 1.807) is 34.1 Å². The third-order valence-corrected chi connectivity index (χ3v) is 4.00. The monoisotopic (exact) mass is 305 g/mol. The minimum atomic E-state index is -0.0360. The van der Waals surface area contributed by atoms with Crippen LogP contribution in [0.1, 0.15) is 16.8 Å².